The Bertz CT molecular complexity index is 696. The van der Waals surface area contributed by atoms with Crippen LogP contribution in [-0.4, -0.2) is 5.78 Å². The highest BCUT2D eigenvalue weighted by molar-refractivity contribution is 6.31. The van der Waals surface area contributed by atoms with Crippen LogP contribution in [0, 0.1) is 0 Å². The smallest absolute Gasteiger partial charge is 0.362 e. The zero-order chi connectivity index (χ0) is 16.2. The summed E-state index contributed by atoms with van der Waals surface area (Å²) in [7, 11) is 0. The SMILES string of the molecule is O=C(C=CNc1ccc(Cl)c(C(F)(F)F)c1)c1ccccc1. The minimum atomic E-state index is -4.53. The van der Waals surface area contributed by atoms with Gasteiger partial charge in [0.1, 0.15) is 0 Å². The van der Waals surface area contributed by atoms with E-state index in [9.17, 15) is 18.0 Å². The minimum Gasteiger partial charge on any atom is -0.362 e. The summed E-state index contributed by atoms with van der Waals surface area (Å²) in [4.78, 5) is 11.8. The second-order valence-electron chi connectivity index (χ2n) is 4.40. The molecule has 114 valence electrons. The fourth-order valence-corrected chi connectivity index (χ4v) is 1.97. The molecule has 1 N–H and O–H groups in total. The Hall–Kier alpha value is -2.27. The quantitative estimate of drug-likeness (QED) is 0.621. The number of hydrogen-bond acceptors (Lipinski definition) is 2. The summed E-state index contributed by atoms with van der Waals surface area (Å²) in [5.41, 5.74) is -0.247. The molecule has 0 saturated carbocycles. The lowest BCUT2D eigenvalue weighted by Gasteiger charge is -2.10. The highest BCUT2D eigenvalue weighted by Gasteiger charge is 2.33. The molecule has 0 radical (unpaired) electrons. The molecule has 0 heterocycles. The van der Waals surface area contributed by atoms with E-state index in [2.05, 4.69) is 5.32 Å². The molecule has 0 aliphatic heterocycles. The molecule has 0 aromatic heterocycles. The first-order chi connectivity index (χ1) is 10.4. The van der Waals surface area contributed by atoms with Gasteiger partial charge in [0.05, 0.1) is 10.6 Å². The van der Waals surface area contributed by atoms with E-state index in [1.54, 1.807) is 30.3 Å². The van der Waals surface area contributed by atoms with Crippen molar-refractivity contribution >= 4 is 23.1 Å². The van der Waals surface area contributed by atoms with Gasteiger partial charge in [-0.25, -0.2) is 0 Å². The Labute approximate surface area is 130 Å². The highest BCUT2D eigenvalue weighted by atomic mass is 35.5. The zero-order valence-corrected chi connectivity index (χ0v) is 11.9. The molecule has 0 aliphatic carbocycles. The van der Waals surface area contributed by atoms with Gasteiger partial charge in [0.2, 0.25) is 0 Å². The minimum absolute atomic E-state index is 0.189. The Balaban J connectivity index is 2.09. The van der Waals surface area contributed by atoms with Gasteiger partial charge in [0.25, 0.3) is 0 Å². The number of halogens is 4. The van der Waals surface area contributed by atoms with Crippen molar-refractivity contribution in [2.75, 3.05) is 5.32 Å². The van der Waals surface area contributed by atoms with Gasteiger partial charge in [0, 0.05) is 23.5 Å². The number of carbonyl (C=O) groups excluding carboxylic acids is 1. The van der Waals surface area contributed by atoms with Gasteiger partial charge >= 0.3 is 6.18 Å². The van der Waals surface area contributed by atoms with Crippen LogP contribution in [0.25, 0.3) is 0 Å². The van der Waals surface area contributed by atoms with Gasteiger partial charge in [-0.3, -0.25) is 4.79 Å². The average molecular weight is 326 g/mol. The molecule has 2 aromatic rings. The average Bonchev–Trinajstić information content (AvgIpc) is 2.48. The largest absolute Gasteiger partial charge is 0.417 e. The summed E-state index contributed by atoms with van der Waals surface area (Å²) >= 11 is 5.53. The summed E-state index contributed by atoms with van der Waals surface area (Å²) in [6.45, 7) is 0. The third kappa shape index (κ3) is 4.11. The highest BCUT2D eigenvalue weighted by Crippen LogP contribution is 2.36. The number of ketones is 1. The molecule has 0 unspecified atom stereocenters. The maximum absolute atomic E-state index is 12.7. The van der Waals surface area contributed by atoms with Crippen molar-refractivity contribution in [1.29, 1.82) is 0 Å². The molecule has 0 bridgehead atoms. The van der Waals surface area contributed by atoms with Crippen molar-refractivity contribution in [2.45, 2.75) is 6.18 Å². The number of anilines is 1. The topological polar surface area (TPSA) is 29.1 Å². The van der Waals surface area contributed by atoms with Crippen LogP contribution in [0.2, 0.25) is 5.02 Å². The first-order valence-corrected chi connectivity index (χ1v) is 6.65. The van der Waals surface area contributed by atoms with Gasteiger partial charge < -0.3 is 5.32 Å². The van der Waals surface area contributed by atoms with Crippen molar-refractivity contribution in [2.24, 2.45) is 0 Å². The van der Waals surface area contributed by atoms with Crippen LogP contribution in [-0.2, 0) is 6.18 Å². The first-order valence-electron chi connectivity index (χ1n) is 6.27. The lowest BCUT2D eigenvalue weighted by Crippen LogP contribution is -2.06. The summed E-state index contributed by atoms with van der Waals surface area (Å²) in [6.07, 6.45) is -1.99. The van der Waals surface area contributed by atoms with Crippen molar-refractivity contribution in [1.82, 2.24) is 0 Å². The molecular weight excluding hydrogens is 315 g/mol. The van der Waals surface area contributed by atoms with Crippen LogP contribution in [0.1, 0.15) is 15.9 Å². The molecule has 0 saturated heterocycles. The number of alkyl halides is 3. The fourth-order valence-electron chi connectivity index (χ4n) is 1.74. The van der Waals surface area contributed by atoms with Crippen molar-refractivity contribution < 1.29 is 18.0 Å². The molecule has 0 spiro atoms. The Kier molecular flexibility index (Phi) is 4.88. The second kappa shape index (κ2) is 6.66. The fraction of sp³-hybridized carbons (Fsp3) is 0.0625. The van der Waals surface area contributed by atoms with Gasteiger partial charge in [-0.1, -0.05) is 41.9 Å². The predicted octanol–water partition coefficient (Wildman–Crippen LogP) is 5.17. The van der Waals surface area contributed by atoms with Crippen LogP contribution in [0.5, 0.6) is 0 Å². The lowest BCUT2D eigenvalue weighted by atomic mass is 10.1. The van der Waals surface area contributed by atoms with E-state index in [1.165, 1.54) is 18.3 Å². The van der Waals surface area contributed by atoms with Gasteiger partial charge in [-0.15, -0.1) is 0 Å². The molecule has 6 heteroatoms. The summed E-state index contributed by atoms with van der Waals surface area (Å²) in [6, 6.07) is 12.0. The predicted molar refractivity (Wildman–Crippen MR) is 80.0 cm³/mol. The normalized spacial score (nSPS) is 11.6. The van der Waals surface area contributed by atoms with E-state index in [-0.39, 0.29) is 16.5 Å². The molecule has 0 fully saturated rings. The lowest BCUT2D eigenvalue weighted by molar-refractivity contribution is -0.137. The summed E-state index contributed by atoms with van der Waals surface area (Å²) in [5.74, 6) is -0.252. The monoisotopic (exact) mass is 325 g/mol. The molecule has 0 atom stereocenters. The molecule has 0 amide bonds. The number of benzene rings is 2. The third-order valence-electron chi connectivity index (χ3n) is 2.81. The number of allylic oxidation sites excluding steroid dienone is 1. The van der Waals surface area contributed by atoms with Crippen molar-refractivity contribution in [3.05, 3.63) is 77.0 Å². The molecule has 2 aromatic carbocycles. The number of carbonyl (C=O) groups is 1. The first kappa shape index (κ1) is 16.1. The number of hydrogen-bond donors (Lipinski definition) is 1. The molecular formula is C16H11ClF3NO. The maximum atomic E-state index is 12.7. The zero-order valence-electron chi connectivity index (χ0n) is 11.2. The van der Waals surface area contributed by atoms with Gasteiger partial charge in [0.15, 0.2) is 5.78 Å². The molecule has 0 aliphatic rings. The molecule has 22 heavy (non-hydrogen) atoms. The van der Waals surface area contributed by atoms with E-state index in [0.29, 0.717) is 5.56 Å². The third-order valence-corrected chi connectivity index (χ3v) is 3.14. The van der Waals surface area contributed by atoms with Crippen LogP contribution in [0.3, 0.4) is 0 Å². The van der Waals surface area contributed by atoms with Crippen LogP contribution in [0.15, 0.2) is 60.8 Å². The summed E-state index contributed by atoms with van der Waals surface area (Å²) < 4.78 is 38.1. The standard InChI is InChI=1S/C16H11ClF3NO/c17-14-7-6-12(10-13(14)16(18,19)20)21-9-8-15(22)11-4-2-1-3-5-11/h1-10,21H. The number of nitrogens with one attached hydrogen (secondary N) is 1. The summed E-state index contributed by atoms with van der Waals surface area (Å²) in [5, 5.41) is 2.25. The molecule has 2 rings (SSSR count). The van der Waals surface area contributed by atoms with Crippen molar-refractivity contribution in [3.8, 4) is 0 Å². The van der Waals surface area contributed by atoms with E-state index < -0.39 is 11.7 Å². The number of rotatable bonds is 4. The molecule has 2 nitrogen and oxygen atoms in total. The maximum Gasteiger partial charge on any atom is 0.417 e. The second-order valence-corrected chi connectivity index (χ2v) is 4.81. The van der Waals surface area contributed by atoms with E-state index in [4.69, 9.17) is 11.6 Å². The van der Waals surface area contributed by atoms with Crippen LogP contribution >= 0.6 is 11.6 Å². The Morgan fingerprint density at radius 1 is 1.09 bits per heavy atom. The Morgan fingerprint density at radius 3 is 2.41 bits per heavy atom. The van der Waals surface area contributed by atoms with Gasteiger partial charge in [-0.2, -0.15) is 13.2 Å². The van der Waals surface area contributed by atoms with Crippen LogP contribution in [0.4, 0.5) is 18.9 Å². The van der Waals surface area contributed by atoms with E-state index >= 15 is 0 Å². The van der Waals surface area contributed by atoms with Gasteiger partial charge in [-0.05, 0) is 18.2 Å². The van der Waals surface area contributed by atoms with E-state index in [0.717, 1.165) is 12.1 Å². The van der Waals surface area contributed by atoms with E-state index in [1.807, 2.05) is 0 Å². The van der Waals surface area contributed by atoms with Crippen LogP contribution < -0.4 is 5.32 Å². The van der Waals surface area contributed by atoms with Crippen molar-refractivity contribution in [3.63, 3.8) is 0 Å². The Morgan fingerprint density at radius 2 is 1.77 bits per heavy atom.